The van der Waals surface area contributed by atoms with Crippen molar-refractivity contribution in [2.75, 3.05) is 6.61 Å². The van der Waals surface area contributed by atoms with Gasteiger partial charge in [-0.05, 0) is 25.0 Å². The lowest BCUT2D eigenvalue weighted by Crippen LogP contribution is -2.24. The van der Waals surface area contributed by atoms with Crippen molar-refractivity contribution >= 4 is 0 Å². The molecule has 0 fully saturated rings. The Morgan fingerprint density at radius 1 is 1.25 bits per heavy atom. The van der Waals surface area contributed by atoms with Gasteiger partial charge in [0, 0.05) is 18.8 Å². The number of nitrogens with one attached hydrogen (secondary N) is 1. The fourth-order valence-electron chi connectivity index (χ4n) is 2.11. The van der Waals surface area contributed by atoms with Gasteiger partial charge in [0.15, 0.2) is 0 Å². The first-order valence-corrected chi connectivity index (χ1v) is 7.17. The first-order chi connectivity index (χ1) is 9.74. The standard InChI is InChI=1S/C16H23N3O/c1-3-13(2)19-10-9-15(18-19)11-17-16(12-20)14-7-5-4-6-8-14/h4-10,13,16-17,20H,3,11-12H2,1-2H3. The van der Waals surface area contributed by atoms with Gasteiger partial charge in [0.2, 0.25) is 0 Å². The number of nitrogens with zero attached hydrogens (tertiary/aromatic N) is 2. The minimum absolute atomic E-state index is 0.0510. The van der Waals surface area contributed by atoms with E-state index in [1.54, 1.807) is 0 Å². The van der Waals surface area contributed by atoms with Gasteiger partial charge in [0.1, 0.15) is 0 Å². The van der Waals surface area contributed by atoms with Crippen molar-refractivity contribution in [3.05, 3.63) is 53.9 Å². The van der Waals surface area contributed by atoms with Crippen LogP contribution in [0.3, 0.4) is 0 Å². The first kappa shape index (κ1) is 14.8. The van der Waals surface area contributed by atoms with Crippen LogP contribution < -0.4 is 5.32 Å². The Morgan fingerprint density at radius 2 is 2.00 bits per heavy atom. The molecule has 2 rings (SSSR count). The summed E-state index contributed by atoms with van der Waals surface area (Å²) in [5.74, 6) is 0. The second-order valence-corrected chi connectivity index (χ2v) is 5.07. The highest BCUT2D eigenvalue weighted by molar-refractivity contribution is 5.19. The van der Waals surface area contributed by atoms with Crippen molar-refractivity contribution in [2.45, 2.75) is 38.9 Å². The van der Waals surface area contributed by atoms with Crippen molar-refractivity contribution in [1.29, 1.82) is 0 Å². The monoisotopic (exact) mass is 273 g/mol. The second-order valence-electron chi connectivity index (χ2n) is 5.07. The maximum Gasteiger partial charge on any atom is 0.0762 e. The Kier molecular flexibility index (Phi) is 5.32. The number of rotatable bonds is 7. The van der Waals surface area contributed by atoms with Crippen LogP contribution in [0.25, 0.3) is 0 Å². The van der Waals surface area contributed by atoms with Gasteiger partial charge >= 0.3 is 0 Å². The molecule has 2 unspecified atom stereocenters. The molecule has 0 bridgehead atoms. The minimum Gasteiger partial charge on any atom is -0.394 e. The van der Waals surface area contributed by atoms with Crippen LogP contribution in [0.15, 0.2) is 42.6 Å². The van der Waals surface area contributed by atoms with Gasteiger partial charge in [0.05, 0.1) is 18.3 Å². The van der Waals surface area contributed by atoms with Gasteiger partial charge in [-0.3, -0.25) is 4.68 Å². The Labute approximate surface area is 120 Å². The van der Waals surface area contributed by atoms with E-state index in [4.69, 9.17) is 0 Å². The normalized spacial score (nSPS) is 14.2. The van der Waals surface area contributed by atoms with Gasteiger partial charge in [0.25, 0.3) is 0 Å². The summed E-state index contributed by atoms with van der Waals surface area (Å²) in [5, 5.41) is 17.4. The van der Waals surface area contributed by atoms with Crippen molar-refractivity contribution in [1.82, 2.24) is 15.1 Å². The Morgan fingerprint density at radius 3 is 2.65 bits per heavy atom. The average molecular weight is 273 g/mol. The fraction of sp³-hybridized carbons (Fsp3) is 0.438. The van der Waals surface area contributed by atoms with Crippen LogP contribution in [-0.4, -0.2) is 21.5 Å². The summed E-state index contributed by atoms with van der Waals surface area (Å²) >= 11 is 0. The van der Waals surface area contributed by atoms with Crippen LogP contribution in [0.5, 0.6) is 0 Å². The molecule has 0 saturated heterocycles. The van der Waals surface area contributed by atoms with Gasteiger partial charge in [-0.2, -0.15) is 5.10 Å². The van der Waals surface area contributed by atoms with E-state index >= 15 is 0 Å². The quantitative estimate of drug-likeness (QED) is 0.815. The molecule has 20 heavy (non-hydrogen) atoms. The summed E-state index contributed by atoms with van der Waals surface area (Å²) in [4.78, 5) is 0. The third-order valence-corrected chi connectivity index (χ3v) is 3.62. The van der Waals surface area contributed by atoms with Gasteiger partial charge < -0.3 is 10.4 Å². The molecule has 1 aromatic carbocycles. The van der Waals surface area contributed by atoms with Crippen molar-refractivity contribution < 1.29 is 5.11 Å². The summed E-state index contributed by atoms with van der Waals surface area (Å²) in [5.41, 5.74) is 2.09. The predicted octanol–water partition coefficient (Wildman–Crippen LogP) is 2.68. The molecule has 0 radical (unpaired) electrons. The van der Waals surface area contributed by atoms with Crippen LogP contribution in [0.2, 0.25) is 0 Å². The molecule has 2 aromatic rings. The summed E-state index contributed by atoms with van der Waals surface area (Å²) < 4.78 is 1.99. The third kappa shape index (κ3) is 3.68. The van der Waals surface area contributed by atoms with E-state index in [-0.39, 0.29) is 12.6 Å². The molecule has 1 heterocycles. The van der Waals surface area contributed by atoms with Gasteiger partial charge in [-0.25, -0.2) is 0 Å². The molecule has 0 amide bonds. The van der Waals surface area contributed by atoms with Crippen LogP contribution in [-0.2, 0) is 6.54 Å². The Hall–Kier alpha value is -1.65. The molecule has 0 aliphatic rings. The topological polar surface area (TPSA) is 50.1 Å². The zero-order valence-electron chi connectivity index (χ0n) is 12.2. The molecule has 2 atom stereocenters. The van der Waals surface area contributed by atoms with E-state index in [2.05, 4.69) is 24.3 Å². The van der Waals surface area contributed by atoms with Crippen LogP contribution >= 0.6 is 0 Å². The average Bonchev–Trinajstić information content (AvgIpc) is 2.97. The zero-order chi connectivity index (χ0) is 14.4. The molecule has 0 spiro atoms. The lowest BCUT2D eigenvalue weighted by Gasteiger charge is -2.16. The zero-order valence-corrected chi connectivity index (χ0v) is 12.2. The summed E-state index contributed by atoms with van der Waals surface area (Å²) in [6, 6.07) is 12.4. The third-order valence-electron chi connectivity index (χ3n) is 3.62. The van der Waals surface area contributed by atoms with Crippen LogP contribution in [0.4, 0.5) is 0 Å². The number of hydrogen-bond donors (Lipinski definition) is 2. The second kappa shape index (κ2) is 7.22. The van der Waals surface area contributed by atoms with E-state index in [0.29, 0.717) is 12.6 Å². The summed E-state index contributed by atoms with van der Waals surface area (Å²) in [6.45, 7) is 5.05. The Bertz CT molecular complexity index is 509. The molecule has 1 aromatic heterocycles. The number of benzene rings is 1. The number of aliphatic hydroxyl groups excluding tert-OH is 1. The molecule has 0 aliphatic carbocycles. The molecule has 2 N–H and O–H groups in total. The lowest BCUT2D eigenvalue weighted by atomic mass is 10.1. The maximum atomic E-state index is 9.50. The van der Waals surface area contributed by atoms with Crippen molar-refractivity contribution in [2.24, 2.45) is 0 Å². The Balaban J connectivity index is 1.95. The number of aliphatic hydroxyl groups is 1. The summed E-state index contributed by atoms with van der Waals surface area (Å²) in [6.07, 6.45) is 3.08. The van der Waals surface area contributed by atoms with E-state index in [0.717, 1.165) is 17.7 Å². The number of aromatic nitrogens is 2. The largest absolute Gasteiger partial charge is 0.394 e. The molecule has 0 aliphatic heterocycles. The number of hydrogen-bond acceptors (Lipinski definition) is 3. The van der Waals surface area contributed by atoms with Crippen LogP contribution in [0.1, 0.15) is 43.6 Å². The van der Waals surface area contributed by atoms with Crippen LogP contribution in [0, 0.1) is 0 Å². The smallest absolute Gasteiger partial charge is 0.0762 e. The van der Waals surface area contributed by atoms with E-state index in [1.165, 1.54) is 0 Å². The molecular weight excluding hydrogens is 250 g/mol. The SMILES string of the molecule is CCC(C)n1ccc(CNC(CO)c2ccccc2)n1. The highest BCUT2D eigenvalue weighted by Gasteiger charge is 2.10. The molecular formula is C16H23N3O. The van der Waals surface area contributed by atoms with Gasteiger partial charge in [-0.1, -0.05) is 37.3 Å². The van der Waals surface area contributed by atoms with Gasteiger partial charge in [-0.15, -0.1) is 0 Å². The highest BCUT2D eigenvalue weighted by Crippen LogP contribution is 2.13. The highest BCUT2D eigenvalue weighted by atomic mass is 16.3. The molecule has 4 heteroatoms. The fourth-order valence-corrected chi connectivity index (χ4v) is 2.11. The van der Waals surface area contributed by atoms with Crippen molar-refractivity contribution in [3.63, 3.8) is 0 Å². The van der Waals surface area contributed by atoms with E-state index in [9.17, 15) is 5.11 Å². The lowest BCUT2D eigenvalue weighted by molar-refractivity contribution is 0.243. The predicted molar refractivity (Wildman–Crippen MR) is 80.3 cm³/mol. The maximum absolute atomic E-state index is 9.50. The molecule has 0 saturated carbocycles. The molecule has 4 nitrogen and oxygen atoms in total. The first-order valence-electron chi connectivity index (χ1n) is 7.17. The minimum atomic E-state index is -0.0510. The van der Waals surface area contributed by atoms with E-state index < -0.39 is 0 Å². The van der Waals surface area contributed by atoms with Crippen molar-refractivity contribution in [3.8, 4) is 0 Å². The summed E-state index contributed by atoms with van der Waals surface area (Å²) in [7, 11) is 0. The van der Waals surface area contributed by atoms with E-state index in [1.807, 2.05) is 47.3 Å². The molecule has 108 valence electrons.